The van der Waals surface area contributed by atoms with Gasteiger partial charge in [-0.15, -0.1) is 0 Å². The Hall–Kier alpha value is -4.71. The Morgan fingerprint density at radius 3 is 1.72 bits per heavy atom. The Balaban J connectivity index is 1.42. The first kappa shape index (κ1) is 25.9. The molecule has 0 aliphatic carbocycles. The van der Waals surface area contributed by atoms with E-state index in [9.17, 15) is 14.9 Å². The summed E-state index contributed by atoms with van der Waals surface area (Å²) in [7, 11) is 3.14. The zero-order chi connectivity index (χ0) is 25.8. The highest BCUT2D eigenvalue weighted by atomic mass is 16.7. The number of hydrogen-bond acceptors (Lipinski definition) is 8. The second-order valence-electron chi connectivity index (χ2n) is 7.59. The third-order valence-electron chi connectivity index (χ3n) is 5.06. The molecule has 0 saturated heterocycles. The smallest absolute Gasteiger partial charge is 0.497 e. The molecule has 9 nitrogen and oxygen atoms in total. The molecule has 1 amide bonds. The van der Waals surface area contributed by atoms with Gasteiger partial charge in [0, 0.05) is 6.42 Å². The normalized spacial score (nSPS) is 10.9. The van der Waals surface area contributed by atoms with Gasteiger partial charge in [0.25, 0.3) is 0 Å². The summed E-state index contributed by atoms with van der Waals surface area (Å²) >= 11 is 0. The predicted octanol–water partition coefficient (Wildman–Crippen LogP) is 4.78. The van der Waals surface area contributed by atoms with Crippen molar-refractivity contribution in [3.05, 3.63) is 89.5 Å². The summed E-state index contributed by atoms with van der Waals surface area (Å²) in [6.45, 7) is 0.125. The molecule has 1 atom stereocenters. The molecule has 3 aromatic rings. The van der Waals surface area contributed by atoms with Crippen LogP contribution in [0.5, 0.6) is 17.2 Å². The topological polar surface area (TPSA) is 116 Å². The number of carbonyl (C=O) groups excluding carboxylic acids is 2. The first-order valence-corrected chi connectivity index (χ1v) is 11.0. The molecule has 0 aliphatic heterocycles. The second kappa shape index (κ2) is 13.2. The number of hydrogen-bond donors (Lipinski definition) is 1. The summed E-state index contributed by atoms with van der Waals surface area (Å²) in [6.07, 6.45) is -1.29. The SMILES string of the molecule is COc1ccc(COC(=O)NC(C#N)Cc2ccc(OC(=O)OCc3ccc(OC)cc3)cc2)cc1. The lowest BCUT2D eigenvalue weighted by atomic mass is 10.1. The van der Waals surface area contributed by atoms with Crippen LogP contribution in [-0.4, -0.2) is 32.5 Å². The van der Waals surface area contributed by atoms with Gasteiger partial charge in [-0.2, -0.15) is 5.26 Å². The molecule has 0 radical (unpaired) electrons. The molecule has 0 spiro atoms. The highest BCUT2D eigenvalue weighted by Gasteiger charge is 2.14. The van der Waals surface area contributed by atoms with E-state index in [4.69, 9.17) is 23.7 Å². The fraction of sp³-hybridized carbons (Fsp3) is 0.222. The minimum Gasteiger partial charge on any atom is -0.497 e. The van der Waals surface area contributed by atoms with E-state index in [0.717, 1.165) is 16.7 Å². The van der Waals surface area contributed by atoms with Crippen molar-refractivity contribution in [3.8, 4) is 23.3 Å². The Bertz CT molecular complexity index is 1170. The number of nitriles is 1. The third kappa shape index (κ3) is 8.25. The van der Waals surface area contributed by atoms with Crippen molar-refractivity contribution in [1.29, 1.82) is 5.26 Å². The van der Waals surface area contributed by atoms with Gasteiger partial charge in [-0.1, -0.05) is 36.4 Å². The number of methoxy groups -OCH3 is 2. The number of nitrogens with one attached hydrogen (secondary N) is 1. The van der Waals surface area contributed by atoms with Crippen molar-refractivity contribution in [2.24, 2.45) is 0 Å². The van der Waals surface area contributed by atoms with Gasteiger partial charge in [0.2, 0.25) is 0 Å². The summed E-state index contributed by atoms with van der Waals surface area (Å²) in [6, 6.07) is 22.0. The van der Waals surface area contributed by atoms with Gasteiger partial charge in [0.1, 0.15) is 36.5 Å². The van der Waals surface area contributed by atoms with Gasteiger partial charge < -0.3 is 29.0 Å². The molecule has 0 aliphatic rings. The van der Waals surface area contributed by atoms with Crippen LogP contribution in [0.25, 0.3) is 0 Å². The minimum absolute atomic E-state index is 0.0605. The molecule has 3 rings (SSSR count). The summed E-state index contributed by atoms with van der Waals surface area (Å²) in [4.78, 5) is 24.0. The molecule has 3 aromatic carbocycles. The minimum atomic E-state index is -0.838. The van der Waals surface area contributed by atoms with Crippen molar-refractivity contribution in [2.45, 2.75) is 25.7 Å². The molecule has 0 bridgehead atoms. The summed E-state index contributed by atoms with van der Waals surface area (Å²) in [5, 5.41) is 11.9. The van der Waals surface area contributed by atoms with Crippen LogP contribution in [0.3, 0.4) is 0 Å². The van der Waals surface area contributed by atoms with Crippen LogP contribution >= 0.6 is 0 Å². The van der Waals surface area contributed by atoms with Crippen LogP contribution in [0.4, 0.5) is 9.59 Å². The van der Waals surface area contributed by atoms with Crippen molar-refractivity contribution in [3.63, 3.8) is 0 Å². The zero-order valence-electron chi connectivity index (χ0n) is 19.9. The summed E-state index contributed by atoms with van der Waals surface area (Å²) in [5.74, 6) is 1.70. The highest BCUT2D eigenvalue weighted by Crippen LogP contribution is 2.16. The molecule has 1 unspecified atom stereocenters. The van der Waals surface area contributed by atoms with Crippen LogP contribution in [0.2, 0.25) is 0 Å². The molecular formula is C27H26N2O7. The van der Waals surface area contributed by atoms with Gasteiger partial charge in [-0.25, -0.2) is 9.59 Å². The second-order valence-corrected chi connectivity index (χ2v) is 7.59. The van der Waals surface area contributed by atoms with Gasteiger partial charge >= 0.3 is 12.2 Å². The molecule has 1 N–H and O–H groups in total. The lowest BCUT2D eigenvalue weighted by Gasteiger charge is -2.13. The van der Waals surface area contributed by atoms with E-state index in [0.29, 0.717) is 17.2 Å². The van der Waals surface area contributed by atoms with E-state index < -0.39 is 18.3 Å². The number of carbonyl (C=O) groups is 2. The molecule has 9 heteroatoms. The van der Waals surface area contributed by atoms with Crippen LogP contribution < -0.4 is 19.5 Å². The quantitative estimate of drug-likeness (QED) is 0.319. The molecule has 0 heterocycles. The average molecular weight is 491 g/mol. The molecule has 0 aromatic heterocycles. The first-order chi connectivity index (χ1) is 17.5. The van der Waals surface area contributed by atoms with Gasteiger partial charge in [-0.3, -0.25) is 0 Å². The lowest BCUT2D eigenvalue weighted by molar-refractivity contribution is 0.0927. The maximum absolute atomic E-state index is 12.1. The summed E-state index contributed by atoms with van der Waals surface area (Å²) in [5.41, 5.74) is 2.34. The number of benzene rings is 3. The number of rotatable bonds is 10. The number of alkyl carbamates (subject to hydrolysis) is 1. The van der Waals surface area contributed by atoms with Crippen molar-refractivity contribution in [1.82, 2.24) is 5.32 Å². The lowest BCUT2D eigenvalue weighted by Crippen LogP contribution is -2.35. The van der Waals surface area contributed by atoms with Crippen molar-refractivity contribution >= 4 is 12.2 Å². The maximum Gasteiger partial charge on any atom is 0.514 e. The fourth-order valence-corrected chi connectivity index (χ4v) is 3.10. The van der Waals surface area contributed by atoms with Crippen LogP contribution in [0, 0.1) is 11.3 Å². The number of amides is 1. The standard InChI is InChI=1S/C27H26N2O7/c1-32-23-9-5-20(6-10-23)17-34-26(30)29-22(16-28)15-19-3-13-25(14-4-19)36-27(31)35-18-21-7-11-24(33-2)12-8-21/h3-14,22H,15,17-18H2,1-2H3,(H,29,30). The fourth-order valence-electron chi connectivity index (χ4n) is 3.10. The van der Waals surface area contributed by atoms with Crippen LogP contribution in [-0.2, 0) is 29.1 Å². The van der Waals surface area contributed by atoms with E-state index in [1.165, 1.54) is 0 Å². The molecule has 0 saturated carbocycles. The maximum atomic E-state index is 12.1. The largest absolute Gasteiger partial charge is 0.514 e. The van der Waals surface area contributed by atoms with Gasteiger partial charge in [0.15, 0.2) is 0 Å². The first-order valence-electron chi connectivity index (χ1n) is 11.0. The average Bonchev–Trinajstić information content (AvgIpc) is 2.92. The van der Waals surface area contributed by atoms with Crippen LogP contribution in [0.15, 0.2) is 72.8 Å². The zero-order valence-corrected chi connectivity index (χ0v) is 19.9. The Kier molecular flexibility index (Phi) is 9.53. The molecule has 0 fully saturated rings. The monoisotopic (exact) mass is 490 g/mol. The van der Waals surface area contributed by atoms with E-state index in [1.807, 2.05) is 6.07 Å². The molecule has 36 heavy (non-hydrogen) atoms. The number of nitrogens with zero attached hydrogens (tertiary/aromatic N) is 1. The molecular weight excluding hydrogens is 464 g/mol. The number of ether oxygens (including phenoxy) is 5. The van der Waals surface area contributed by atoms with E-state index in [2.05, 4.69) is 5.32 Å². The van der Waals surface area contributed by atoms with Crippen LogP contribution in [0.1, 0.15) is 16.7 Å². The van der Waals surface area contributed by atoms with Crippen molar-refractivity contribution < 1.29 is 33.3 Å². The Morgan fingerprint density at radius 1 is 0.750 bits per heavy atom. The van der Waals surface area contributed by atoms with E-state index in [1.54, 1.807) is 87.0 Å². The third-order valence-corrected chi connectivity index (χ3v) is 5.06. The van der Waals surface area contributed by atoms with Gasteiger partial charge in [-0.05, 0) is 53.1 Å². The molecule has 186 valence electrons. The van der Waals surface area contributed by atoms with E-state index in [-0.39, 0.29) is 19.6 Å². The Morgan fingerprint density at radius 2 is 1.22 bits per heavy atom. The summed E-state index contributed by atoms with van der Waals surface area (Å²) < 4.78 is 25.6. The van der Waals surface area contributed by atoms with Crippen molar-refractivity contribution in [2.75, 3.05) is 14.2 Å². The van der Waals surface area contributed by atoms with E-state index >= 15 is 0 Å². The Labute approximate surface area is 209 Å². The predicted molar refractivity (Wildman–Crippen MR) is 130 cm³/mol. The van der Waals surface area contributed by atoms with Gasteiger partial charge in [0.05, 0.1) is 20.3 Å². The highest BCUT2D eigenvalue weighted by molar-refractivity contribution is 5.68.